The van der Waals surface area contributed by atoms with Crippen molar-refractivity contribution in [1.82, 2.24) is 10.2 Å². The summed E-state index contributed by atoms with van der Waals surface area (Å²) in [6.45, 7) is 8.21. The van der Waals surface area contributed by atoms with Gasteiger partial charge < -0.3 is 15.0 Å². The minimum absolute atomic E-state index is 0.0553. The Balaban J connectivity index is 1.79. The topological polar surface area (TPSA) is 96.0 Å². The van der Waals surface area contributed by atoms with E-state index in [4.69, 9.17) is 4.74 Å². The second kappa shape index (κ2) is 16.6. The molecule has 8 nitrogen and oxygen atoms in total. The molecule has 4 aromatic carbocycles. The van der Waals surface area contributed by atoms with E-state index >= 15 is 0 Å². The number of aryl methyl sites for hydroxylation is 1. The Morgan fingerprint density at radius 1 is 0.851 bits per heavy atom. The molecule has 4 rings (SSSR count). The maximum Gasteiger partial charge on any atom is 0.264 e. The zero-order chi connectivity index (χ0) is 34.0. The average molecular weight is 721 g/mol. The molecule has 0 aliphatic heterocycles. The Morgan fingerprint density at radius 3 is 2.09 bits per heavy atom. The number of hydrogen-bond acceptors (Lipinski definition) is 5. The fraction of sp³-hybridized carbons (Fsp3) is 0.297. The van der Waals surface area contributed by atoms with Gasteiger partial charge in [-0.15, -0.1) is 0 Å². The molecular formula is C37H42BrN3O5S. The van der Waals surface area contributed by atoms with Crippen molar-refractivity contribution in [2.24, 2.45) is 5.92 Å². The third-order valence-corrected chi connectivity index (χ3v) is 9.86. The van der Waals surface area contributed by atoms with Gasteiger partial charge in [0.2, 0.25) is 11.8 Å². The molecule has 0 saturated heterocycles. The zero-order valence-corrected chi connectivity index (χ0v) is 29.6. The summed E-state index contributed by atoms with van der Waals surface area (Å²) >= 11 is 3.47. The minimum Gasteiger partial charge on any atom is -0.494 e. The molecule has 0 saturated carbocycles. The monoisotopic (exact) mass is 719 g/mol. The fourth-order valence-electron chi connectivity index (χ4n) is 5.00. The van der Waals surface area contributed by atoms with Crippen LogP contribution in [-0.4, -0.2) is 50.9 Å². The van der Waals surface area contributed by atoms with Gasteiger partial charge in [0.1, 0.15) is 18.3 Å². The van der Waals surface area contributed by atoms with Gasteiger partial charge in [0.15, 0.2) is 0 Å². The van der Waals surface area contributed by atoms with Gasteiger partial charge in [0, 0.05) is 24.0 Å². The number of benzene rings is 4. The summed E-state index contributed by atoms with van der Waals surface area (Å²) in [4.78, 5) is 30.0. The molecule has 0 fully saturated rings. The predicted octanol–water partition coefficient (Wildman–Crippen LogP) is 6.76. The quantitative estimate of drug-likeness (QED) is 0.147. The molecule has 2 amide bonds. The van der Waals surface area contributed by atoms with Crippen molar-refractivity contribution < 1.29 is 22.7 Å². The lowest BCUT2D eigenvalue weighted by atomic mass is 10.0. The van der Waals surface area contributed by atoms with Gasteiger partial charge in [-0.25, -0.2) is 8.42 Å². The highest BCUT2D eigenvalue weighted by Gasteiger charge is 2.34. The molecule has 0 heterocycles. The average Bonchev–Trinajstić information content (AvgIpc) is 3.06. The molecule has 0 aromatic heterocycles. The molecule has 4 aromatic rings. The van der Waals surface area contributed by atoms with Crippen LogP contribution in [0, 0.1) is 12.8 Å². The number of nitrogens with one attached hydrogen (secondary N) is 1. The zero-order valence-electron chi connectivity index (χ0n) is 27.2. The highest BCUT2D eigenvalue weighted by atomic mass is 79.9. The summed E-state index contributed by atoms with van der Waals surface area (Å²) < 4.78 is 36.0. The molecule has 10 heteroatoms. The minimum atomic E-state index is -4.19. The summed E-state index contributed by atoms with van der Waals surface area (Å²) in [7, 11) is -4.19. The number of ether oxygens (including phenoxy) is 1. The summed E-state index contributed by atoms with van der Waals surface area (Å²) in [5.41, 5.74) is 2.88. The van der Waals surface area contributed by atoms with E-state index in [1.807, 2.05) is 82.3 Å². The highest BCUT2D eigenvalue weighted by Crippen LogP contribution is 2.27. The van der Waals surface area contributed by atoms with Gasteiger partial charge in [-0.05, 0) is 79.4 Å². The highest BCUT2D eigenvalue weighted by molar-refractivity contribution is 9.10. The second-order valence-corrected chi connectivity index (χ2v) is 14.5. The van der Waals surface area contributed by atoms with Gasteiger partial charge in [-0.2, -0.15) is 0 Å². The number of sulfonamides is 1. The van der Waals surface area contributed by atoms with Gasteiger partial charge in [0.25, 0.3) is 10.0 Å². The van der Waals surface area contributed by atoms with Crippen LogP contribution < -0.4 is 14.4 Å². The summed E-state index contributed by atoms with van der Waals surface area (Å²) in [6.07, 6.45) is 0.251. The Hall–Kier alpha value is -4.15. The predicted molar refractivity (Wildman–Crippen MR) is 190 cm³/mol. The molecule has 0 bridgehead atoms. The van der Waals surface area contributed by atoms with Crippen LogP contribution in [0.4, 0.5) is 5.69 Å². The maximum absolute atomic E-state index is 14.6. The number of anilines is 1. The second-order valence-electron chi connectivity index (χ2n) is 11.7. The molecule has 0 aliphatic rings. The van der Waals surface area contributed by atoms with Crippen LogP contribution >= 0.6 is 15.9 Å². The van der Waals surface area contributed by atoms with E-state index in [2.05, 4.69) is 21.2 Å². The molecular weight excluding hydrogens is 678 g/mol. The third kappa shape index (κ3) is 9.92. The summed E-state index contributed by atoms with van der Waals surface area (Å²) in [5.74, 6) is -0.0428. The van der Waals surface area contributed by atoms with Crippen LogP contribution in [0.1, 0.15) is 37.5 Å². The summed E-state index contributed by atoms with van der Waals surface area (Å²) in [6, 6.07) is 29.2. The van der Waals surface area contributed by atoms with E-state index in [1.54, 1.807) is 36.4 Å². The van der Waals surface area contributed by atoms with Gasteiger partial charge in [0.05, 0.1) is 17.2 Å². The molecule has 1 atom stereocenters. The number of halogens is 1. The Labute approximate surface area is 286 Å². The van der Waals surface area contributed by atoms with Crippen molar-refractivity contribution in [3.05, 3.63) is 124 Å². The number of carbonyl (C=O) groups is 2. The largest absolute Gasteiger partial charge is 0.494 e. The van der Waals surface area contributed by atoms with E-state index < -0.39 is 28.5 Å². The number of nitrogens with zero attached hydrogens (tertiary/aromatic N) is 2. The molecule has 0 spiro atoms. The van der Waals surface area contributed by atoms with Crippen LogP contribution in [0.15, 0.2) is 112 Å². The van der Waals surface area contributed by atoms with Crippen molar-refractivity contribution in [2.45, 2.75) is 51.6 Å². The van der Waals surface area contributed by atoms with E-state index in [-0.39, 0.29) is 29.7 Å². The first-order valence-corrected chi connectivity index (χ1v) is 17.9. The first kappa shape index (κ1) is 35.7. The van der Waals surface area contributed by atoms with E-state index in [0.717, 1.165) is 25.5 Å². The SMILES string of the molecule is CCOc1ccc(N(CC(=O)N(Cc2ccc(Br)cc2)[C@H](Cc2ccccc2)C(=O)NCC(C)C)S(=O)(=O)c2ccc(C)cc2)cc1. The van der Waals surface area contributed by atoms with E-state index in [1.165, 1.54) is 17.0 Å². The third-order valence-electron chi connectivity index (χ3n) is 7.55. The lowest BCUT2D eigenvalue weighted by Crippen LogP contribution is -2.53. The molecule has 47 heavy (non-hydrogen) atoms. The van der Waals surface area contributed by atoms with Crippen LogP contribution in [0.5, 0.6) is 5.75 Å². The molecule has 1 N–H and O–H groups in total. The number of hydrogen-bond donors (Lipinski definition) is 1. The van der Waals surface area contributed by atoms with Crippen molar-refractivity contribution in [3.63, 3.8) is 0 Å². The van der Waals surface area contributed by atoms with Crippen molar-refractivity contribution in [1.29, 1.82) is 0 Å². The standard InChI is InChI=1S/C37H42BrN3O5S/c1-5-46-33-19-17-32(18-20-33)41(47(44,45)34-21-11-28(4)12-22-34)26-36(42)40(25-30-13-15-31(38)16-14-30)35(37(43)39-24-27(2)3)23-29-9-7-6-8-10-29/h6-22,27,35H,5,23-26H2,1-4H3,(H,39,43)/t35-/m1/s1. The number of carbonyl (C=O) groups excluding carboxylic acids is 2. The lowest BCUT2D eigenvalue weighted by Gasteiger charge is -2.34. The van der Waals surface area contributed by atoms with Crippen LogP contribution in [-0.2, 0) is 32.6 Å². The fourth-order valence-corrected chi connectivity index (χ4v) is 6.68. The Morgan fingerprint density at radius 2 is 1.49 bits per heavy atom. The number of amides is 2. The van der Waals surface area contributed by atoms with Crippen LogP contribution in [0.2, 0.25) is 0 Å². The Bertz CT molecular complexity index is 1710. The maximum atomic E-state index is 14.6. The molecule has 0 radical (unpaired) electrons. The van der Waals surface area contributed by atoms with Gasteiger partial charge >= 0.3 is 0 Å². The first-order valence-electron chi connectivity index (χ1n) is 15.7. The lowest BCUT2D eigenvalue weighted by molar-refractivity contribution is -0.140. The smallest absolute Gasteiger partial charge is 0.264 e. The van der Waals surface area contributed by atoms with E-state index in [9.17, 15) is 18.0 Å². The molecule has 0 aliphatic carbocycles. The van der Waals surface area contributed by atoms with Crippen molar-refractivity contribution >= 4 is 43.5 Å². The van der Waals surface area contributed by atoms with Crippen LogP contribution in [0.25, 0.3) is 0 Å². The van der Waals surface area contributed by atoms with Crippen LogP contribution in [0.3, 0.4) is 0 Å². The van der Waals surface area contributed by atoms with Crippen molar-refractivity contribution in [3.8, 4) is 5.75 Å². The van der Waals surface area contributed by atoms with Gasteiger partial charge in [-0.1, -0.05) is 89.9 Å². The normalized spacial score (nSPS) is 12.0. The molecule has 0 unspecified atom stereocenters. The number of rotatable bonds is 15. The molecule has 248 valence electrons. The Kier molecular flexibility index (Phi) is 12.6. The van der Waals surface area contributed by atoms with E-state index in [0.29, 0.717) is 24.6 Å². The van der Waals surface area contributed by atoms with Crippen molar-refractivity contribution in [2.75, 3.05) is 24.0 Å². The summed E-state index contributed by atoms with van der Waals surface area (Å²) in [5, 5.41) is 3.01. The first-order chi connectivity index (χ1) is 22.5. The van der Waals surface area contributed by atoms with Gasteiger partial charge in [-0.3, -0.25) is 13.9 Å².